The third-order valence-electron chi connectivity index (χ3n) is 8.38. The predicted molar refractivity (Wildman–Crippen MR) is 150 cm³/mol. The van der Waals surface area contributed by atoms with Gasteiger partial charge in [0.25, 0.3) is 5.91 Å². The third kappa shape index (κ3) is 6.07. The number of aliphatic imine (C=N–C) groups is 1. The molecule has 1 spiro atoms. The van der Waals surface area contributed by atoms with Crippen molar-refractivity contribution in [3.8, 4) is 0 Å². The summed E-state index contributed by atoms with van der Waals surface area (Å²) in [5.74, 6) is -1.05. The van der Waals surface area contributed by atoms with Crippen LogP contribution in [0, 0.1) is 11.3 Å². The summed E-state index contributed by atoms with van der Waals surface area (Å²) in [6.45, 7) is 8.63. The summed E-state index contributed by atoms with van der Waals surface area (Å²) in [7, 11) is 0. The number of hydrogen-bond acceptors (Lipinski definition) is 3. The third-order valence-corrected chi connectivity index (χ3v) is 8.60. The minimum Gasteiger partial charge on any atom is -0.478 e. The van der Waals surface area contributed by atoms with Gasteiger partial charge in [-0.15, -0.1) is 0 Å². The molecule has 1 aliphatic heterocycles. The molecular formula is C31H36ClF3N2O3. The van der Waals surface area contributed by atoms with Crippen LogP contribution < -0.4 is 0 Å². The summed E-state index contributed by atoms with van der Waals surface area (Å²) >= 11 is 6.10. The Hall–Kier alpha value is -2.87. The van der Waals surface area contributed by atoms with E-state index >= 15 is 0 Å². The topological polar surface area (TPSA) is 70.0 Å². The van der Waals surface area contributed by atoms with E-state index in [-0.39, 0.29) is 27.3 Å². The summed E-state index contributed by atoms with van der Waals surface area (Å²) in [5.41, 5.74) is -0.792. The van der Waals surface area contributed by atoms with Crippen LogP contribution in [0.15, 0.2) is 47.5 Å². The van der Waals surface area contributed by atoms with Crippen molar-refractivity contribution in [1.29, 1.82) is 0 Å². The van der Waals surface area contributed by atoms with E-state index in [4.69, 9.17) is 16.6 Å². The van der Waals surface area contributed by atoms with Crippen molar-refractivity contribution >= 4 is 29.2 Å². The molecule has 2 aliphatic rings. The summed E-state index contributed by atoms with van der Waals surface area (Å²) in [6.07, 6.45) is 0.504. The van der Waals surface area contributed by atoms with Crippen LogP contribution in [0.1, 0.15) is 106 Å². The molecule has 1 heterocycles. The molecule has 5 nitrogen and oxygen atoms in total. The van der Waals surface area contributed by atoms with E-state index in [1.54, 1.807) is 17.0 Å². The zero-order valence-electron chi connectivity index (χ0n) is 23.3. The molecule has 2 aromatic rings. The molecule has 4 rings (SSSR count). The van der Waals surface area contributed by atoms with Gasteiger partial charge in [0.15, 0.2) is 0 Å². The van der Waals surface area contributed by atoms with Crippen LogP contribution in [0.25, 0.3) is 0 Å². The van der Waals surface area contributed by atoms with Crippen molar-refractivity contribution < 1.29 is 27.9 Å². The highest BCUT2D eigenvalue weighted by Gasteiger charge is 2.52. The van der Waals surface area contributed by atoms with Crippen LogP contribution >= 0.6 is 11.6 Å². The zero-order valence-corrected chi connectivity index (χ0v) is 24.1. The molecule has 0 saturated heterocycles. The van der Waals surface area contributed by atoms with E-state index in [1.165, 1.54) is 18.2 Å². The fourth-order valence-corrected chi connectivity index (χ4v) is 6.35. The van der Waals surface area contributed by atoms with Crippen LogP contribution in [0.2, 0.25) is 5.02 Å². The van der Waals surface area contributed by atoms with Crippen LogP contribution in [0.3, 0.4) is 0 Å². The van der Waals surface area contributed by atoms with E-state index in [2.05, 4.69) is 20.8 Å². The molecule has 216 valence electrons. The fourth-order valence-electron chi connectivity index (χ4n) is 6.11. The number of alkyl halides is 3. The minimum absolute atomic E-state index is 0.00846. The van der Waals surface area contributed by atoms with Gasteiger partial charge in [0.05, 0.1) is 17.2 Å². The molecule has 1 atom stereocenters. The Morgan fingerprint density at radius 2 is 1.75 bits per heavy atom. The first kappa shape index (κ1) is 30.1. The molecule has 40 heavy (non-hydrogen) atoms. The number of benzene rings is 2. The van der Waals surface area contributed by atoms with Gasteiger partial charge >= 0.3 is 12.1 Å². The summed E-state index contributed by atoms with van der Waals surface area (Å²) in [4.78, 5) is 32.5. The van der Waals surface area contributed by atoms with Gasteiger partial charge in [-0.2, -0.15) is 13.2 Å². The van der Waals surface area contributed by atoms with Gasteiger partial charge in [-0.25, -0.2) is 4.79 Å². The molecule has 2 aromatic carbocycles. The zero-order chi connectivity index (χ0) is 29.5. The highest BCUT2D eigenvalue weighted by molar-refractivity contribution is 6.47. The average molecular weight is 577 g/mol. The van der Waals surface area contributed by atoms with Crippen LogP contribution in [0.5, 0.6) is 0 Å². The molecule has 1 aliphatic carbocycles. The van der Waals surface area contributed by atoms with E-state index in [9.17, 15) is 27.9 Å². The largest absolute Gasteiger partial charge is 0.478 e. The number of hydrogen-bond donors (Lipinski definition) is 1. The number of nitrogens with zero attached hydrogens (tertiary/aromatic N) is 2. The molecular weight excluding hydrogens is 541 g/mol. The second-order valence-corrected chi connectivity index (χ2v) is 12.5. The Morgan fingerprint density at radius 3 is 2.27 bits per heavy atom. The highest BCUT2D eigenvalue weighted by Crippen LogP contribution is 2.50. The van der Waals surface area contributed by atoms with Gasteiger partial charge in [0.1, 0.15) is 11.4 Å². The first-order valence-corrected chi connectivity index (χ1v) is 14.2. The summed E-state index contributed by atoms with van der Waals surface area (Å²) in [6, 6.07) is 9.25. The second kappa shape index (κ2) is 11.2. The first-order valence-electron chi connectivity index (χ1n) is 13.8. The van der Waals surface area contributed by atoms with Gasteiger partial charge in [-0.1, -0.05) is 64.3 Å². The molecule has 0 aromatic heterocycles. The van der Waals surface area contributed by atoms with E-state index in [0.717, 1.165) is 43.4 Å². The number of aromatic carboxylic acids is 1. The molecule has 0 unspecified atom stereocenters. The van der Waals surface area contributed by atoms with E-state index in [0.29, 0.717) is 25.2 Å². The van der Waals surface area contributed by atoms with Gasteiger partial charge in [-0.3, -0.25) is 9.79 Å². The van der Waals surface area contributed by atoms with Crippen molar-refractivity contribution in [2.24, 2.45) is 16.3 Å². The first-order chi connectivity index (χ1) is 18.7. The van der Waals surface area contributed by atoms with Gasteiger partial charge in [0, 0.05) is 10.6 Å². The Labute approximate surface area is 238 Å². The molecule has 9 heteroatoms. The van der Waals surface area contributed by atoms with Crippen molar-refractivity contribution in [3.63, 3.8) is 0 Å². The van der Waals surface area contributed by atoms with Crippen molar-refractivity contribution in [1.82, 2.24) is 4.90 Å². The molecule has 1 fully saturated rings. The lowest BCUT2D eigenvalue weighted by Gasteiger charge is -2.47. The quantitative estimate of drug-likeness (QED) is 0.359. The van der Waals surface area contributed by atoms with Gasteiger partial charge in [0.2, 0.25) is 0 Å². The summed E-state index contributed by atoms with van der Waals surface area (Å²) < 4.78 is 41.0. The molecule has 1 N–H and O–H groups in total. The Bertz CT molecular complexity index is 1290. The number of halogens is 4. The maximum absolute atomic E-state index is 14.3. The van der Waals surface area contributed by atoms with E-state index in [1.807, 2.05) is 6.92 Å². The molecule has 1 amide bonds. The van der Waals surface area contributed by atoms with Crippen molar-refractivity contribution in [2.75, 3.05) is 0 Å². The van der Waals surface area contributed by atoms with Crippen molar-refractivity contribution in [2.45, 2.75) is 90.5 Å². The van der Waals surface area contributed by atoms with Crippen LogP contribution in [-0.4, -0.2) is 33.3 Å². The highest BCUT2D eigenvalue weighted by atomic mass is 35.5. The average Bonchev–Trinajstić information content (AvgIpc) is 3.15. The molecule has 1 saturated carbocycles. The molecule has 0 bridgehead atoms. The van der Waals surface area contributed by atoms with E-state index < -0.39 is 35.3 Å². The number of carboxylic acid groups (broad SMARTS) is 1. The second-order valence-electron chi connectivity index (χ2n) is 12.1. The van der Waals surface area contributed by atoms with Crippen LogP contribution in [-0.2, 0) is 11.0 Å². The maximum atomic E-state index is 14.3. The number of unbranched alkanes of at least 4 members (excludes halogenated alkanes) is 1. The number of amides is 1. The smallest absolute Gasteiger partial charge is 0.416 e. The SMILES string of the molecule is CCCC[C@H](c1ccc(C(=O)O)cc1)N1C(=O)C(c2cc(Cl)cc(C(F)(F)F)c2)=NC12CCC(C(C)(C)C)CC2. The lowest BCUT2D eigenvalue weighted by molar-refractivity contribution is -0.137. The Kier molecular flexibility index (Phi) is 8.42. The number of carbonyl (C=O) groups is 2. The maximum Gasteiger partial charge on any atom is 0.416 e. The Balaban J connectivity index is 1.83. The lowest BCUT2D eigenvalue weighted by atomic mass is 9.69. The number of carboxylic acids is 1. The monoisotopic (exact) mass is 576 g/mol. The Morgan fingerprint density at radius 1 is 1.12 bits per heavy atom. The molecule has 0 radical (unpaired) electrons. The predicted octanol–water partition coefficient (Wildman–Crippen LogP) is 8.55. The fraction of sp³-hybridized carbons (Fsp3) is 0.516. The number of rotatable bonds is 7. The van der Waals surface area contributed by atoms with Gasteiger partial charge < -0.3 is 10.0 Å². The summed E-state index contributed by atoms with van der Waals surface area (Å²) in [5, 5.41) is 9.27. The minimum atomic E-state index is -4.63. The lowest BCUT2D eigenvalue weighted by Crippen LogP contribution is -2.51. The van der Waals surface area contributed by atoms with Gasteiger partial charge in [-0.05, 0) is 79.3 Å². The standard InChI is InChI=1S/C31H36ClF3N2O3/c1-5-6-7-25(19-8-10-20(11-9-19)28(39)40)37-27(38)26(21-16-23(31(33,34)35)18-24(32)17-21)36-30(37)14-12-22(13-15-30)29(2,3)4/h8-11,16-18,22,25H,5-7,12-15H2,1-4H3,(H,39,40)/t22?,25-,30?/m1/s1. The number of carbonyl (C=O) groups excluding carboxylic acids is 1. The normalized spacial score (nSPS) is 22.5. The van der Waals surface area contributed by atoms with Crippen LogP contribution in [0.4, 0.5) is 13.2 Å². The van der Waals surface area contributed by atoms with Crippen molar-refractivity contribution in [3.05, 3.63) is 69.7 Å².